The van der Waals surface area contributed by atoms with Crippen LogP contribution in [0.15, 0.2) is 84.0 Å². The number of para-hydroxylation sites is 1. The molecule has 3 aromatic carbocycles. The Morgan fingerprint density at radius 1 is 0.963 bits per heavy atom. The molecule has 0 aliphatic rings. The molecule has 0 atom stereocenters. The van der Waals surface area contributed by atoms with Crippen LogP contribution in [0.5, 0.6) is 5.75 Å². The molecule has 27 heavy (non-hydrogen) atoms. The van der Waals surface area contributed by atoms with Gasteiger partial charge < -0.3 is 4.74 Å². The topological polar surface area (TPSA) is 50.7 Å². The van der Waals surface area contributed by atoms with E-state index in [-0.39, 0.29) is 12.3 Å². The van der Waals surface area contributed by atoms with Crippen LogP contribution in [0.2, 0.25) is 5.02 Å². The molecule has 0 aliphatic heterocycles. The van der Waals surface area contributed by atoms with Gasteiger partial charge in [-0.25, -0.2) is 5.43 Å². The lowest BCUT2D eigenvalue weighted by atomic mass is 10.1. The van der Waals surface area contributed by atoms with Crippen molar-refractivity contribution in [2.75, 3.05) is 0 Å². The molecule has 0 radical (unpaired) electrons. The van der Waals surface area contributed by atoms with E-state index in [9.17, 15) is 4.79 Å². The van der Waals surface area contributed by atoms with E-state index in [1.807, 2.05) is 78.9 Å². The van der Waals surface area contributed by atoms with Gasteiger partial charge in [-0.3, -0.25) is 4.79 Å². The van der Waals surface area contributed by atoms with Crippen molar-refractivity contribution in [3.63, 3.8) is 0 Å². The number of carbonyl (C=O) groups is 1. The Morgan fingerprint density at radius 2 is 1.70 bits per heavy atom. The molecule has 0 heterocycles. The summed E-state index contributed by atoms with van der Waals surface area (Å²) in [4.78, 5) is 12.0. The maximum absolute atomic E-state index is 12.0. The van der Waals surface area contributed by atoms with E-state index in [0.29, 0.717) is 17.4 Å². The molecule has 0 bridgehead atoms. The second-order valence-corrected chi connectivity index (χ2v) is 6.35. The maximum atomic E-state index is 12.0. The smallest absolute Gasteiger partial charge is 0.244 e. The van der Waals surface area contributed by atoms with Crippen molar-refractivity contribution in [1.29, 1.82) is 0 Å². The minimum Gasteiger partial charge on any atom is -0.488 e. The third kappa shape index (κ3) is 5.97. The van der Waals surface area contributed by atoms with Gasteiger partial charge in [-0.2, -0.15) is 5.10 Å². The van der Waals surface area contributed by atoms with Crippen LogP contribution in [0.4, 0.5) is 0 Å². The Morgan fingerprint density at radius 3 is 2.52 bits per heavy atom. The predicted molar refractivity (Wildman–Crippen MR) is 108 cm³/mol. The average Bonchev–Trinajstić information content (AvgIpc) is 2.68. The van der Waals surface area contributed by atoms with E-state index in [1.54, 1.807) is 6.21 Å². The lowest BCUT2D eigenvalue weighted by Crippen LogP contribution is -2.19. The number of hydrogen-bond donors (Lipinski definition) is 1. The Labute approximate surface area is 163 Å². The predicted octanol–water partition coefficient (Wildman–Crippen LogP) is 4.61. The summed E-state index contributed by atoms with van der Waals surface area (Å²) in [6, 6.07) is 24.6. The number of nitrogens with zero attached hydrogens (tertiary/aromatic N) is 1. The molecule has 0 spiro atoms. The molecule has 0 saturated carbocycles. The van der Waals surface area contributed by atoms with E-state index in [1.165, 1.54) is 0 Å². The molecule has 0 aromatic heterocycles. The number of nitrogens with one attached hydrogen (secondary N) is 1. The fourth-order valence-corrected chi connectivity index (χ4v) is 2.71. The van der Waals surface area contributed by atoms with Crippen LogP contribution in [0.25, 0.3) is 0 Å². The summed E-state index contributed by atoms with van der Waals surface area (Å²) in [6.07, 6.45) is 1.86. The quantitative estimate of drug-likeness (QED) is 0.482. The number of hydrazone groups is 1. The maximum Gasteiger partial charge on any atom is 0.244 e. The van der Waals surface area contributed by atoms with Crippen LogP contribution >= 0.6 is 11.6 Å². The first-order valence-electron chi connectivity index (χ1n) is 8.53. The normalized spacial score (nSPS) is 10.7. The minimum atomic E-state index is -0.172. The Balaban J connectivity index is 1.58. The fraction of sp³-hybridized carbons (Fsp3) is 0.0909. The van der Waals surface area contributed by atoms with E-state index in [0.717, 1.165) is 16.7 Å². The zero-order valence-electron chi connectivity index (χ0n) is 14.6. The highest BCUT2D eigenvalue weighted by molar-refractivity contribution is 6.30. The van der Waals surface area contributed by atoms with Crippen LogP contribution in [0.1, 0.15) is 16.7 Å². The molecule has 4 nitrogen and oxygen atoms in total. The van der Waals surface area contributed by atoms with Gasteiger partial charge >= 0.3 is 0 Å². The van der Waals surface area contributed by atoms with Gasteiger partial charge in [-0.1, -0.05) is 66.2 Å². The van der Waals surface area contributed by atoms with Gasteiger partial charge in [0.2, 0.25) is 5.91 Å². The molecular formula is C22H19ClN2O2. The summed E-state index contributed by atoms with van der Waals surface area (Å²) >= 11 is 6.00. The van der Waals surface area contributed by atoms with Crippen LogP contribution in [0.3, 0.4) is 0 Å². The Hall–Kier alpha value is -3.11. The molecule has 0 fully saturated rings. The van der Waals surface area contributed by atoms with Crippen molar-refractivity contribution in [2.24, 2.45) is 5.10 Å². The summed E-state index contributed by atoms with van der Waals surface area (Å²) in [5, 5.41) is 4.72. The minimum absolute atomic E-state index is 0.172. The van der Waals surface area contributed by atoms with E-state index < -0.39 is 0 Å². The van der Waals surface area contributed by atoms with Crippen molar-refractivity contribution in [3.05, 3.63) is 101 Å². The van der Waals surface area contributed by atoms with Crippen LogP contribution in [-0.4, -0.2) is 12.1 Å². The molecule has 3 rings (SSSR count). The average molecular weight is 379 g/mol. The number of amides is 1. The van der Waals surface area contributed by atoms with Gasteiger partial charge in [0.05, 0.1) is 12.6 Å². The van der Waals surface area contributed by atoms with Gasteiger partial charge in [0.1, 0.15) is 12.4 Å². The van der Waals surface area contributed by atoms with E-state index >= 15 is 0 Å². The number of hydrogen-bond acceptors (Lipinski definition) is 3. The lowest BCUT2D eigenvalue weighted by molar-refractivity contribution is -0.120. The molecule has 0 saturated heterocycles. The standard InChI is InChI=1S/C22H19ClN2O2/c23-20-11-6-9-18(13-20)16-27-21-12-5-4-10-19(21)15-24-25-22(26)14-17-7-2-1-3-8-17/h1-13,15H,14,16H2,(H,25,26)/b24-15+. The number of carbonyl (C=O) groups excluding carboxylic acids is 1. The largest absolute Gasteiger partial charge is 0.488 e. The first kappa shape index (κ1) is 18.7. The molecule has 3 aromatic rings. The molecule has 136 valence electrons. The third-order valence-electron chi connectivity index (χ3n) is 3.80. The second-order valence-electron chi connectivity index (χ2n) is 5.91. The van der Waals surface area contributed by atoms with Crippen molar-refractivity contribution < 1.29 is 9.53 Å². The van der Waals surface area contributed by atoms with E-state index in [2.05, 4.69) is 10.5 Å². The van der Waals surface area contributed by atoms with Gasteiger partial charge in [0.25, 0.3) is 0 Å². The summed E-state index contributed by atoms with van der Waals surface area (Å²) in [5.74, 6) is 0.508. The molecule has 5 heteroatoms. The third-order valence-corrected chi connectivity index (χ3v) is 4.04. The number of halogens is 1. The number of ether oxygens (including phenoxy) is 1. The SMILES string of the molecule is O=C(Cc1ccccc1)N/N=C/c1ccccc1OCc1cccc(Cl)c1. The molecular weight excluding hydrogens is 360 g/mol. The zero-order chi connectivity index (χ0) is 18.9. The fourth-order valence-electron chi connectivity index (χ4n) is 2.50. The van der Waals surface area contributed by atoms with Crippen molar-refractivity contribution in [3.8, 4) is 5.75 Å². The summed E-state index contributed by atoms with van der Waals surface area (Å²) < 4.78 is 5.87. The molecule has 0 unspecified atom stereocenters. The van der Waals surface area contributed by atoms with Crippen LogP contribution in [-0.2, 0) is 17.8 Å². The first-order valence-corrected chi connectivity index (χ1v) is 8.90. The second kappa shape index (κ2) is 9.55. The van der Waals surface area contributed by atoms with Gasteiger partial charge in [0, 0.05) is 10.6 Å². The van der Waals surface area contributed by atoms with Gasteiger partial charge in [0.15, 0.2) is 0 Å². The van der Waals surface area contributed by atoms with Gasteiger partial charge in [-0.15, -0.1) is 0 Å². The van der Waals surface area contributed by atoms with Gasteiger partial charge in [-0.05, 0) is 35.4 Å². The summed E-state index contributed by atoms with van der Waals surface area (Å²) in [6.45, 7) is 0.395. The molecule has 0 aliphatic carbocycles. The first-order chi connectivity index (χ1) is 13.2. The van der Waals surface area contributed by atoms with Crippen molar-refractivity contribution in [1.82, 2.24) is 5.43 Å². The highest BCUT2D eigenvalue weighted by Crippen LogP contribution is 2.18. The zero-order valence-corrected chi connectivity index (χ0v) is 15.4. The van der Waals surface area contributed by atoms with E-state index in [4.69, 9.17) is 16.3 Å². The number of benzene rings is 3. The highest BCUT2D eigenvalue weighted by atomic mass is 35.5. The van der Waals surface area contributed by atoms with Crippen LogP contribution < -0.4 is 10.2 Å². The Kier molecular flexibility index (Phi) is 6.61. The number of rotatable bonds is 7. The Bertz CT molecular complexity index is 926. The van der Waals surface area contributed by atoms with Crippen molar-refractivity contribution >= 4 is 23.7 Å². The monoisotopic (exact) mass is 378 g/mol. The van der Waals surface area contributed by atoms with Crippen LogP contribution in [0, 0.1) is 0 Å². The van der Waals surface area contributed by atoms with Crippen molar-refractivity contribution in [2.45, 2.75) is 13.0 Å². The lowest BCUT2D eigenvalue weighted by Gasteiger charge is -2.09. The highest BCUT2D eigenvalue weighted by Gasteiger charge is 2.04. The molecule has 1 amide bonds. The summed E-state index contributed by atoms with van der Waals surface area (Å²) in [5.41, 5.74) is 5.24. The summed E-state index contributed by atoms with van der Waals surface area (Å²) in [7, 11) is 0. The molecule has 1 N–H and O–H groups in total.